The minimum Gasteiger partial charge on any atom is -0.338 e. The van der Waals surface area contributed by atoms with Crippen molar-refractivity contribution in [3.8, 4) is 0 Å². The smallest absolute Gasteiger partial charge is 0.0645 e. The van der Waals surface area contributed by atoms with Gasteiger partial charge in [0.25, 0.3) is 0 Å². The first-order valence-electron chi connectivity index (χ1n) is 13.2. The molecule has 104 valence electrons. The summed E-state index contributed by atoms with van der Waals surface area (Å²) >= 11 is 0.671. The number of hydrogen-bond donors (Lipinski definition) is 0. The summed E-state index contributed by atoms with van der Waals surface area (Å²) in [6.07, 6.45) is 0. The molecule has 0 fully saturated rings. The number of hydrogen-bond acceptors (Lipinski definition) is 3. The number of para-hydroxylation sites is 2. The fourth-order valence-corrected chi connectivity index (χ4v) is 2.67. The number of nitrogens with zero attached hydrogens (tertiary/aromatic N) is 2. The molecule has 0 bridgehead atoms. The average molecular weight is 300 g/mol. The van der Waals surface area contributed by atoms with Gasteiger partial charge in [0.15, 0.2) is 0 Å². The van der Waals surface area contributed by atoms with E-state index in [0.29, 0.717) is 16.7 Å². The van der Waals surface area contributed by atoms with Crippen LogP contribution in [0.15, 0.2) is 58.1 Å². The van der Waals surface area contributed by atoms with E-state index in [0.717, 1.165) is 11.9 Å². The van der Waals surface area contributed by atoms with Crippen molar-refractivity contribution >= 4 is 23.1 Å². The number of likely N-dealkylation sites (N-methyl/N-ethyl adjacent to an activating group) is 1. The van der Waals surface area contributed by atoms with Gasteiger partial charge in [-0.1, -0.05) is 35.9 Å². The Kier molecular flexibility index (Phi) is 1.24. The number of rotatable bonds is 3. The molecule has 1 aliphatic rings. The molecule has 0 aromatic heterocycles. The van der Waals surface area contributed by atoms with Crippen molar-refractivity contribution in [1.29, 1.82) is 0 Å². The minimum atomic E-state index is -3.25. The van der Waals surface area contributed by atoms with Crippen LogP contribution in [0.2, 0.25) is 0 Å². The minimum absolute atomic E-state index is 0.141. The van der Waals surface area contributed by atoms with Crippen LogP contribution in [0.3, 0.4) is 0 Å². The lowest BCUT2D eigenvalue weighted by Crippen LogP contribution is -2.37. The fourth-order valence-electron chi connectivity index (χ4n) is 1.74. The summed E-state index contributed by atoms with van der Waals surface area (Å²) < 4.78 is 121. The summed E-state index contributed by atoms with van der Waals surface area (Å²) in [5, 5.41) is 0. The van der Waals surface area contributed by atoms with Crippen molar-refractivity contribution in [3.05, 3.63) is 48.3 Å². The van der Waals surface area contributed by atoms with Crippen LogP contribution in [-0.4, -0.2) is 31.5 Å². The lowest BCUT2D eigenvalue weighted by atomic mass is 10.2. The second-order valence-electron chi connectivity index (χ2n) is 4.05. The molecule has 0 saturated carbocycles. The van der Waals surface area contributed by atoms with Crippen LogP contribution in [0.4, 0.5) is 11.4 Å². The summed E-state index contributed by atoms with van der Waals surface area (Å²) in [6.45, 7) is -7.31. The Hall–Kier alpha value is -1.45. The first-order valence-corrected chi connectivity index (χ1v) is 6.49. The Labute approximate surface area is 146 Å². The number of anilines is 2. The third kappa shape index (κ3) is 2.43. The van der Waals surface area contributed by atoms with Gasteiger partial charge in [0.1, 0.15) is 0 Å². The second-order valence-corrected chi connectivity index (χ2v) is 5.07. The van der Waals surface area contributed by atoms with Crippen LogP contribution in [0.25, 0.3) is 0 Å². The zero-order chi connectivity index (χ0) is 27.0. The molecule has 0 N–H and O–H groups in total. The molecular weight excluding hydrogens is 264 g/mol. The van der Waals surface area contributed by atoms with E-state index in [-0.39, 0.29) is 21.2 Å². The van der Waals surface area contributed by atoms with Gasteiger partial charge in [-0.15, -0.1) is 0 Å². The highest BCUT2D eigenvalue weighted by molar-refractivity contribution is 7.99. The van der Waals surface area contributed by atoms with Gasteiger partial charge < -0.3 is 9.80 Å². The predicted molar refractivity (Wildman–Crippen MR) is 87.2 cm³/mol. The summed E-state index contributed by atoms with van der Waals surface area (Å²) in [5.41, 5.74) is -0.614. The summed E-state index contributed by atoms with van der Waals surface area (Å²) in [5.74, 6) is 0. The standard InChI is InChI=1S/C17H20N2S/c1-13(18(2)3)12-19-14-8-4-6-10-16(14)20-17-11-7-5-9-15(17)19/h4-11,13H,12H2,1-3H3/i1D3,2D3,4D,5D,6D,7D,8D,9D,10D,11D,13D. The molecule has 2 nitrogen and oxygen atoms in total. The van der Waals surface area contributed by atoms with E-state index < -0.39 is 74.7 Å². The largest absolute Gasteiger partial charge is 0.338 e. The van der Waals surface area contributed by atoms with Crippen molar-refractivity contribution in [2.24, 2.45) is 0 Å². The molecule has 0 aliphatic carbocycles. The maximum absolute atomic E-state index is 8.76. The lowest BCUT2D eigenvalue weighted by Gasteiger charge is -2.36. The molecule has 0 radical (unpaired) electrons. The number of fused-ring (bicyclic) bond motifs is 2. The summed E-state index contributed by atoms with van der Waals surface area (Å²) in [6, 6.07) is -7.79. The van der Waals surface area contributed by atoms with Crippen LogP contribution in [0.1, 0.15) is 27.4 Å². The quantitative estimate of drug-likeness (QED) is 0.837. The van der Waals surface area contributed by atoms with Gasteiger partial charge in [-0.3, -0.25) is 0 Å². The molecule has 2 aromatic carbocycles. The molecule has 0 spiro atoms. The summed E-state index contributed by atoms with van der Waals surface area (Å²) in [7, 11) is 0.910. The highest BCUT2D eigenvalue weighted by atomic mass is 32.2. The van der Waals surface area contributed by atoms with Gasteiger partial charge in [0.2, 0.25) is 0 Å². The molecular formula is C17H20N2S. The van der Waals surface area contributed by atoms with E-state index in [2.05, 4.69) is 0 Å². The zero-order valence-corrected chi connectivity index (χ0v) is 11.3. The molecule has 0 amide bonds. The molecule has 1 heterocycles. The maximum Gasteiger partial charge on any atom is 0.0645 e. The molecule has 3 rings (SSSR count). The topological polar surface area (TPSA) is 6.48 Å². The van der Waals surface area contributed by atoms with Crippen LogP contribution in [0, 0.1) is 0 Å². The average Bonchev–Trinajstić information content (AvgIpc) is 2.75. The van der Waals surface area contributed by atoms with Crippen LogP contribution < -0.4 is 4.90 Å². The van der Waals surface area contributed by atoms with E-state index in [1.54, 1.807) is 0 Å². The fraction of sp³-hybridized carbons (Fsp3) is 0.294. The summed E-state index contributed by atoms with van der Waals surface area (Å²) in [4.78, 5) is 0.958. The van der Waals surface area contributed by atoms with Crippen molar-refractivity contribution in [3.63, 3.8) is 0 Å². The molecule has 2 aromatic rings. The third-order valence-electron chi connectivity index (χ3n) is 2.73. The third-order valence-corrected chi connectivity index (χ3v) is 3.72. The lowest BCUT2D eigenvalue weighted by molar-refractivity contribution is 0.319. The normalized spacial score (nSPS) is 28.5. The Morgan fingerprint density at radius 2 is 1.80 bits per heavy atom. The Morgan fingerprint density at radius 1 is 1.20 bits per heavy atom. The van der Waals surface area contributed by atoms with Crippen molar-refractivity contribution in [2.75, 3.05) is 25.5 Å². The van der Waals surface area contributed by atoms with Crippen molar-refractivity contribution < 1.29 is 20.6 Å². The Morgan fingerprint density at radius 3 is 2.35 bits per heavy atom. The molecule has 1 unspecified atom stereocenters. The van der Waals surface area contributed by atoms with Gasteiger partial charge >= 0.3 is 0 Å². The van der Waals surface area contributed by atoms with E-state index in [1.807, 2.05) is 0 Å². The number of benzene rings is 2. The Balaban J connectivity index is 2.45. The van der Waals surface area contributed by atoms with Gasteiger partial charge in [-0.2, -0.15) is 0 Å². The highest BCUT2D eigenvalue weighted by Crippen LogP contribution is 2.47. The molecule has 1 atom stereocenters. The first-order chi connectivity index (χ1) is 15.8. The van der Waals surface area contributed by atoms with Crippen molar-refractivity contribution in [1.82, 2.24) is 4.90 Å². The van der Waals surface area contributed by atoms with Crippen LogP contribution in [0.5, 0.6) is 0 Å². The zero-order valence-electron chi connectivity index (χ0n) is 25.5. The van der Waals surface area contributed by atoms with Gasteiger partial charge in [0, 0.05) is 31.9 Å². The Bertz CT molecular complexity index is 1140. The highest BCUT2D eigenvalue weighted by Gasteiger charge is 2.24. The molecule has 1 aliphatic heterocycles. The van der Waals surface area contributed by atoms with E-state index in [1.165, 1.54) is 0 Å². The van der Waals surface area contributed by atoms with Crippen LogP contribution >= 0.6 is 11.8 Å². The molecule has 0 saturated heterocycles. The van der Waals surface area contributed by atoms with Gasteiger partial charge in [-0.25, -0.2) is 0 Å². The second kappa shape index (κ2) is 5.51. The van der Waals surface area contributed by atoms with Crippen molar-refractivity contribution in [2.45, 2.75) is 22.7 Å². The molecule has 3 heteroatoms. The van der Waals surface area contributed by atoms with E-state index >= 15 is 0 Å². The van der Waals surface area contributed by atoms with E-state index in [9.17, 15) is 0 Å². The predicted octanol–water partition coefficient (Wildman–Crippen LogP) is 4.24. The maximum atomic E-state index is 8.76. The van der Waals surface area contributed by atoms with Gasteiger partial charge in [0.05, 0.1) is 22.3 Å². The SMILES string of the molecule is [2H]c1c([2H])c([2H])c2c(c1[2H])Sc1c([2H])c([2H])c([2H])c([2H])c1N2CC([2H])(N(C)C([2H])([2H])[2H])C([2H])([2H])[2H]. The first kappa shape index (κ1) is 4.52. The monoisotopic (exact) mass is 299 g/mol. The van der Waals surface area contributed by atoms with E-state index in [4.69, 9.17) is 20.6 Å². The van der Waals surface area contributed by atoms with Gasteiger partial charge in [-0.05, 0) is 45.0 Å². The molecule has 20 heavy (non-hydrogen) atoms. The van der Waals surface area contributed by atoms with Crippen LogP contribution in [-0.2, 0) is 0 Å².